The van der Waals surface area contributed by atoms with Gasteiger partial charge in [0.1, 0.15) is 0 Å². The van der Waals surface area contributed by atoms with E-state index < -0.39 is 0 Å². The molecule has 0 aliphatic rings. The fourth-order valence-corrected chi connectivity index (χ4v) is 2.12. The normalized spacial score (nSPS) is 10.7. The minimum absolute atomic E-state index is 0.628. The summed E-state index contributed by atoms with van der Waals surface area (Å²) in [6, 6.07) is 14.2. The Morgan fingerprint density at radius 2 is 1.89 bits per heavy atom. The standard InChI is InChI=1S/C15H12N2O/c1-11-13(10-18)9-17(16-11)15-8-4-6-12-5-2-3-7-14(12)15/h2-10H,1H3. The van der Waals surface area contributed by atoms with E-state index in [9.17, 15) is 4.79 Å². The molecule has 18 heavy (non-hydrogen) atoms. The summed E-state index contributed by atoms with van der Waals surface area (Å²) in [5, 5.41) is 6.67. The van der Waals surface area contributed by atoms with E-state index in [0.29, 0.717) is 5.56 Å². The number of hydrogen-bond acceptors (Lipinski definition) is 2. The van der Waals surface area contributed by atoms with Crippen molar-refractivity contribution in [2.45, 2.75) is 6.92 Å². The van der Waals surface area contributed by atoms with E-state index in [0.717, 1.165) is 28.4 Å². The average Bonchev–Trinajstić information content (AvgIpc) is 2.79. The van der Waals surface area contributed by atoms with Crippen molar-refractivity contribution in [2.75, 3.05) is 0 Å². The molecule has 88 valence electrons. The zero-order valence-electron chi connectivity index (χ0n) is 10.00. The molecule has 2 aromatic carbocycles. The summed E-state index contributed by atoms with van der Waals surface area (Å²) in [6.45, 7) is 1.84. The topological polar surface area (TPSA) is 34.9 Å². The van der Waals surface area contributed by atoms with Gasteiger partial charge >= 0.3 is 0 Å². The lowest BCUT2D eigenvalue weighted by molar-refractivity contribution is 0.112. The second kappa shape index (κ2) is 4.11. The van der Waals surface area contributed by atoms with Crippen molar-refractivity contribution in [3.8, 4) is 5.69 Å². The number of aromatic nitrogens is 2. The van der Waals surface area contributed by atoms with Crippen molar-refractivity contribution in [3.05, 3.63) is 59.9 Å². The number of benzene rings is 2. The third-order valence-electron chi connectivity index (χ3n) is 3.08. The maximum absolute atomic E-state index is 10.9. The van der Waals surface area contributed by atoms with Gasteiger partial charge in [0.25, 0.3) is 0 Å². The van der Waals surface area contributed by atoms with Crippen LogP contribution < -0.4 is 0 Å². The van der Waals surface area contributed by atoms with Crippen molar-refractivity contribution in [2.24, 2.45) is 0 Å². The van der Waals surface area contributed by atoms with E-state index in [1.54, 1.807) is 10.9 Å². The zero-order chi connectivity index (χ0) is 12.5. The average molecular weight is 236 g/mol. The number of fused-ring (bicyclic) bond motifs is 1. The lowest BCUT2D eigenvalue weighted by Gasteiger charge is -2.05. The van der Waals surface area contributed by atoms with Crippen LogP contribution >= 0.6 is 0 Å². The molecule has 0 aliphatic carbocycles. The van der Waals surface area contributed by atoms with Crippen LogP contribution in [-0.2, 0) is 0 Å². The van der Waals surface area contributed by atoms with E-state index in [1.807, 2.05) is 31.2 Å². The highest BCUT2D eigenvalue weighted by atomic mass is 16.1. The van der Waals surface area contributed by atoms with E-state index in [-0.39, 0.29) is 0 Å². The largest absolute Gasteiger partial charge is 0.298 e. The summed E-state index contributed by atoms with van der Waals surface area (Å²) in [4.78, 5) is 10.9. The SMILES string of the molecule is Cc1nn(-c2cccc3ccccc23)cc1C=O. The zero-order valence-corrected chi connectivity index (χ0v) is 10.00. The summed E-state index contributed by atoms with van der Waals surface area (Å²) in [6.07, 6.45) is 2.61. The van der Waals surface area contributed by atoms with Gasteiger partial charge in [-0.15, -0.1) is 0 Å². The molecular formula is C15H12N2O. The number of carbonyl (C=O) groups excluding carboxylic acids is 1. The maximum Gasteiger partial charge on any atom is 0.153 e. The Balaban J connectivity index is 2.27. The van der Waals surface area contributed by atoms with E-state index in [2.05, 4.69) is 23.3 Å². The Bertz CT molecular complexity index is 723. The molecule has 1 aromatic heterocycles. The van der Waals surface area contributed by atoms with E-state index in [4.69, 9.17) is 0 Å². The molecule has 0 N–H and O–H groups in total. The number of rotatable bonds is 2. The third-order valence-corrected chi connectivity index (χ3v) is 3.08. The molecule has 0 aliphatic heterocycles. The fraction of sp³-hybridized carbons (Fsp3) is 0.0667. The summed E-state index contributed by atoms with van der Waals surface area (Å²) in [7, 11) is 0. The highest BCUT2D eigenvalue weighted by molar-refractivity contribution is 5.90. The second-order valence-electron chi connectivity index (χ2n) is 4.23. The highest BCUT2D eigenvalue weighted by Crippen LogP contribution is 2.22. The number of hydrogen-bond donors (Lipinski definition) is 0. The van der Waals surface area contributed by atoms with Crippen LogP contribution in [0, 0.1) is 6.92 Å². The Hall–Kier alpha value is -2.42. The molecule has 3 rings (SSSR count). The van der Waals surface area contributed by atoms with Crippen LogP contribution in [0.3, 0.4) is 0 Å². The van der Waals surface area contributed by atoms with Gasteiger partial charge in [-0.1, -0.05) is 36.4 Å². The van der Waals surface area contributed by atoms with Gasteiger partial charge in [-0.2, -0.15) is 5.10 Å². The van der Waals surface area contributed by atoms with Gasteiger partial charge in [0, 0.05) is 11.6 Å². The van der Waals surface area contributed by atoms with Crippen molar-refractivity contribution >= 4 is 17.1 Å². The lowest BCUT2D eigenvalue weighted by atomic mass is 10.1. The second-order valence-corrected chi connectivity index (χ2v) is 4.23. The smallest absolute Gasteiger partial charge is 0.153 e. The predicted octanol–water partition coefficient (Wildman–Crippen LogP) is 3.15. The Morgan fingerprint density at radius 1 is 1.11 bits per heavy atom. The van der Waals surface area contributed by atoms with Gasteiger partial charge < -0.3 is 0 Å². The van der Waals surface area contributed by atoms with E-state index >= 15 is 0 Å². The quantitative estimate of drug-likeness (QED) is 0.641. The number of aryl methyl sites for hydroxylation is 1. The molecular weight excluding hydrogens is 224 g/mol. The summed E-state index contributed by atoms with van der Waals surface area (Å²) < 4.78 is 1.77. The molecule has 0 radical (unpaired) electrons. The third kappa shape index (κ3) is 1.61. The molecule has 3 heteroatoms. The monoisotopic (exact) mass is 236 g/mol. The molecule has 0 fully saturated rings. The minimum atomic E-state index is 0.628. The lowest BCUT2D eigenvalue weighted by Crippen LogP contribution is -1.95. The summed E-state index contributed by atoms with van der Waals surface area (Å²) in [5.74, 6) is 0. The molecule has 3 nitrogen and oxygen atoms in total. The van der Waals surface area contributed by atoms with Gasteiger partial charge in [-0.05, 0) is 18.4 Å². The first kappa shape index (κ1) is 10.7. The van der Waals surface area contributed by atoms with Crippen molar-refractivity contribution in [1.29, 1.82) is 0 Å². The molecule has 0 amide bonds. The van der Waals surface area contributed by atoms with Gasteiger partial charge in [0.05, 0.1) is 16.9 Å². The Labute approximate surface area is 105 Å². The molecule has 1 heterocycles. The fourth-order valence-electron chi connectivity index (χ4n) is 2.12. The minimum Gasteiger partial charge on any atom is -0.298 e. The predicted molar refractivity (Wildman–Crippen MR) is 71.2 cm³/mol. The van der Waals surface area contributed by atoms with Crippen LogP contribution in [-0.4, -0.2) is 16.1 Å². The van der Waals surface area contributed by atoms with Crippen LogP contribution in [0.5, 0.6) is 0 Å². The van der Waals surface area contributed by atoms with E-state index in [1.165, 1.54) is 0 Å². The molecule has 0 saturated carbocycles. The Morgan fingerprint density at radius 3 is 2.67 bits per heavy atom. The van der Waals surface area contributed by atoms with Gasteiger partial charge in [0.15, 0.2) is 6.29 Å². The molecule has 3 aromatic rings. The number of carbonyl (C=O) groups is 1. The van der Waals surface area contributed by atoms with Gasteiger partial charge in [-0.25, -0.2) is 4.68 Å². The van der Waals surface area contributed by atoms with Crippen LogP contribution in [0.1, 0.15) is 16.1 Å². The van der Waals surface area contributed by atoms with Crippen LogP contribution in [0.15, 0.2) is 48.7 Å². The molecule has 0 unspecified atom stereocenters. The van der Waals surface area contributed by atoms with Crippen LogP contribution in [0.2, 0.25) is 0 Å². The molecule has 0 atom stereocenters. The van der Waals surface area contributed by atoms with Crippen LogP contribution in [0.25, 0.3) is 16.5 Å². The number of aldehydes is 1. The molecule has 0 bridgehead atoms. The van der Waals surface area contributed by atoms with Crippen molar-refractivity contribution in [3.63, 3.8) is 0 Å². The first-order chi connectivity index (χ1) is 8.79. The maximum atomic E-state index is 10.9. The van der Waals surface area contributed by atoms with Crippen molar-refractivity contribution in [1.82, 2.24) is 9.78 Å². The van der Waals surface area contributed by atoms with Crippen LogP contribution in [0.4, 0.5) is 0 Å². The summed E-state index contributed by atoms with van der Waals surface area (Å²) >= 11 is 0. The van der Waals surface area contributed by atoms with Gasteiger partial charge in [-0.3, -0.25) is 4.79 Å². The first-order valence-electron chi connectivity index (χ1n) is 5.79. The Kier molecular flexibility index (Phi) is 2.45. The van der Waals surface area contributed by atoms with Gasteiger partial charge in [0.2, 0.25) is 0 Å². The number of nitrogens with zero attached hydrogens (tertiary/aromatic N) is 2. The molecule has 0 saturated heterocycles. The molecule has 0 spiro atoms. The first-order valence-corrected chi connectivity index (χ1v) is 5.79. The highest BCUT2D eigenvalue weighted by Gasteiger charge is 2.07. The summed E-state index contributed by atoms with van der Waals surface area (Å²) in [5.41, 5.74) is 2.37. The van der Waals surface area contributed by atoms with Crippen molar-refractivity contribution < 1.29 is 4.79 Å².